The van der Waals surface area contributed by atoms with Crippen LogP contribution in [-0.4, -0.2) is 65.3 Å². The number of aromatic nitrogens is 2. The summed E-state index contributed by atoms with van der Waals surface area (Å²) in [6.45, 7) is 4.16. The van der Waals surface area contributed by atoms with E-state index in [4.69, 9.17) is 29.5 Å². The van der Waals surface area contributed by atoms with Gasteiger partial charge < -0.3 is 19.5 Å². The number of phosphoric ester groups is 1. The van der Waals surface area contributed by atoms with E-state index < -0.39 is 79.3 Å². The summed E-state index contributed by atoms with van der Waals surface area (Å²) in [6.07, 6.45) is 2.89. The van der Waals surface area contributed by atoms with Crippen LogP contribution in [0.5, 0.6) is 0 Å². The fourth-order valence-electron chi connectivity index (χ4n) is 4.26. The van der Waals surface area contributed by atoms with Crippen LogP contribution in [0.4, 0.5) is 4.79 Å². The van der Waals surface area contributed by atoms with Crippen LogP contribution in [0.15, 0.2) is 21.9 Å². The molecule has 3 fully saturated rings. The number of carbonyl (C=O) groups excluding carboxylic acids is 2. The van der Waals surface area contributed by atoms with E-state index in [2.05, 4.69) is 21.0 Å². The highest BCUT2D eigenvalue weighted by atomic mass is 31.2. The Morgan fingerprint density at radius 2 is 2.09 bits per heavy atom. The zero-order chi connectivity index (χ0) is 25.8. The number of carbonyl (C=O) groups is 2. The molecule has 14 nitrogen and oxygen atoms in total. The van der Waals surface area contributed by atoms with E-state index in [-0.39, 0.29) is 0 Å². The standard InChI is InChI=1S/C20H24N3O11P/c1-6-19(4)16(23-8-7-12(24)22-17(23)26)32-13-14-20(13,19)34-35(28,33-14)30-9-11(21-18(27)29-5)15(25)31-10(2)3/h1,7-8,10-11,13-14,16H,9H2,2-5H3,(H,21,27)(H,22,24,26)/t11-,13+,14?,16+,19-,20-,35-/m0/s1. The van der Waals surface area contributed by atoms with Gasteiger partial charge in [0.05, 0.1) is 19.8 Å². The van der Waals surface area contributed by atoms with Crippen LogP contribution >= 0.6 is 7.82 Å². The van der Waals surface area contributed by atoms with Crippen molar-refractivity contribution in [1.82, 2.24) is 14.9 Å². The number of hydrogen-bond acceptors (Lipinski definition) is 11. The van der Waals surface area contributed by atoms with Gasteiger partial charge in [0.2, 0.25) is 0 Å². The van der Waals surface area contributed by atoms with E-state index in [1.165, 1.54) is 6.20 Å². The minimum atomic E-state index is -4.29. The topological polar surface area (TPSA) is 173 Å². The van der Waals surface area contributed by atoms with Crippen molar-refractivity contribution in [3.63, 3.8) is 0 Å². The summed E-state index contributed by atoms with van der Waals surface area (Å²) in [4.78, 5) is 49.8. The molecule has 2 N–H and O–H groups in total. The highest BCUT2D eigenvalue weighted by Crippen LogP contribution is 2.79. The Labute approximate surface area is 198 Å². The van der Waals surface area contributed by atoms with Gasteiger partial charge in [-0.25, -0.2) is 18.9 Å². The summed E-state index contributed by atoms with van der Waals surface area (Å²) < 4.78 is 46.4. The maximum absolute atomic E-state index is 13.3. The number of H-pyrrole nitrogens is 1. The monoisotopic (exact) mass is 513 g/mol. The van der Waals surface area contributed by atoms with Gasteiger partial charge in [0, 0.05) is 12.3 Å². The zero-order valence-corrected chi connectivity index (χ0v) is 20.1. The smallest absolute Gasteiger partial charge is 0.461 e. The molecule has 7 atom stereocenters. The minimum Gasteiger partial charge on any atom is -0.461 e. The normalized spacial score (nSPS) is 35.5. The molecule has 1 unspecified atom stereocenters. The molecular formula is C20H24N3O11P. The van der Waals surface area contributed by atoms with Crippen LogP contribution < -0.4 is 16.6 Å². The van der Waals surface area contributed by atoms with Crippen molar-refractivity contribution in [3.8, 4) is 12.3 Å². The van der Waals surface area contributed by atoms with E-state index in [0.717, 1.165) is 17.7 Å². The summed E-state index contributed by atoms with van der Waals surface area (Å²) in [5.41, 5.74) is -4.13. The minimum absolute atomic E-state index is 0.494. The van der Waals surface area contributed by atoms with Crippen LogP contribution in [0, 0.1) is 17.8 Å². The summed E-state index contributed by atoms with van der Waals surface area (Å²) in [7, 11) is -3.19. The molecule has 15 heteroatoms. The average Bonchev–Trinajstić information content (AvgIpc) is 3.09. The van der Waals surface area contributed by atoms with Crippen molar-refractivity contribution in [2.24, 2.45) is 5.41 Å². The Morgan fingerprint density at radius 3 is 2.69 bits per heavy atom. The molecular weight excluding hydrogens is 489 g/mol. The van der Waals surface area contributed by atoms with Gasteiger partial charge in [-0.3, -0.25) is 27.9 Å². The number of amides is 1. The molecule has 4 rings (SSSR count). The molecule has 1 aliphatic carbocycles. The van der Waals surface area contributed by atoms with Gasteiger partial charge in [-0.2, -0.15) is 0 Å². The lowest BCUT2D eigenvalue weighted by atomic mass is 9.81. The summed E-state index contributed by atoms with van der Waals surface area (Å²) >= 11 is 0. The second kappa shape index (κ2) is 8.61. The lowest BCUT2D eigenvalue weighted by molar-refractivity contribution is -0.150. The number of nitrogens with zero attached hydrogens (tertiary/aromatic N) is 1. The van der Waals surface area contributed by atoms with E-state index in [0.29, 0.717) is 0 Å². The molecule has 1 saturated carbocycles. The van der Waals surface area contributed by atoms with Crippen molar-refractivity contribution >= 4 is 19.9 Å². The first-order chi connectivity index (χ1) is 16.4. The van der Waals surface area contributed by atoms with Gasteiger partial charge in [-0.05, 0) is 20.8 Å². The predicted octanol–water partition coefficient (Wildman–Crippen LogP) is 0.0422. The molecule has 0 bridgehead atoms. The average molecular weight is 513 g/mol. The SMILES string of the molecule is C#C[C@@]1(C)[C@H](n2ccc(=O)[nH]c2=O)O[C@@H]2C3O[P@](=O)(OC[C@H](NC(=O)OC)C(=O)OC(C)C)O[C@]321. The fourth-order valence-corrected chi connectivity index (χ4v) is 6.06. The first-order valence-corrected chi connectivity index (χ1v) is 12.0. The number of alkyl carbamates (subject to hydrolysis) is 1. The number of nitrogens with one attached hydrogen (secondary N) is 2. The largest absolute Gasteiger partial charge is 0.476 e. The van der Waals surface area contributed by atoms with Crippen LogP contribution in [0.3, 0.4) is 0 Å². The third-order valence-electron chi connectivity index (χ3n) is 6.01. The molecule has 1 aromatic heterocycles. The number of hydrogen-bond donors (Lipinski definition) is 2. The third kappa shape index (κ3) is 3.99. The van der Waals surface area contributed by atoms with Gasteiger partial charge in [0.25, 0.3) is 5.56 Å². The first-order valence-electron chi connectivity index (χ1n) is 10.5. The van der Waals surface area contributed by atoms with E-state index in [1.807, 2.05) is 0 Å². The summed E-state index contributed by atoms with van der Waals surface area (Å²) in [6, 6.07) is -0.245. The van der Waals surface area contributed by atoms with Gasteiger partial charge in [0.15, 0.2) is 17.9 Å². The van der Waals surface area contributed by atoms with Crippen LogP contribution in [0.25, 0.3) is 0 Å². The Hall–Kier alpha value is -2.95. The molecule has 1 aromatic rings. The molecule has 0 radical (unpaired) electrons. The number of fused-ring (bicyclic) bond motifs is 1. The predicted molar refractivity (Wildman–Crippen MR) is 115 cm³/mol. The number of terminal acetylenes is 1. The van der Waals surface area contributed by atoms with E-state index >= 15 is 0 Å². The number of phosphoric acid groups is 1. The molecule has 3 aliphatic rings. The number of ether oxygens (including phenoxy) is 3. The fraction of sp³-hybridized carbons (Fsp3) is 0.600. The maximum atomic E-state index is 13.3. The number of esters is 1. The second-order valence-corrected chi connectivity index (χ2v) is 10.1. The Kier molecular flexibility index (Phi) is 6.19. The summed E-state index contributed by atoms with van der Waals surface area (Å²) in [5, 5.41) is 2.23. The quantitative estimate of drug-likeness (QED) is 0.286. The third-order valence-corrected chi connectivity index (χ3v) is 7.49. The Bertz CT molecular complexity index is 1250. The highest BCUT2D eigenvalue weighted by Gasteiger charge is 2.90. The van der Waals surface area contributed by atoms with Crippen molar-refractivity contribution in [3.05, 3.63) is 33.1 Å². The maximum Gasteiger partial charge on any atom is 0.476 e. The van der Waals surface area contributed by atoms with E-state index in [9.17, 15) is 23.7 Å². The van der Waals surface area contributed by atoms with Crippen molar-refractivity contribution in [2.45, 2.75) is 57.0 Å². The van der Waals surface area contributed by atoms with Crippen molar-refractivity contribution in [2.75, 3.05) is 13.7 Å². The lowest BCUT2D eigenvalue weighted by Gasteiger charge is -2.32. The van der Waals surface area contributed by atoms with Crippen molar-refractivity contribution in [1.29, 1.82) is 0 Å². The van der Waals surface area contributed by atoms with E-state index in [1.54, 1.807) is 20.8 Å². The van der Waals surface area contributed by atoms with Crippen LogP contribution in [0.1, 0.15) is 27.0 Å². The number of aromatic amines is 1. The lowest BCUT2D eigenvalue weighted by Crippen LogP contribution is -2.45. The molecule has 0 aromatic carbocycles. The second-order valence-electron chi connectivity index (χ2n) is 8.60. The van der Waals surface area contributed by atoms with Gasteiger partial charge in [-0.1, -0.05) is 5.92 Å². The molecule has 3 heterocycles. The zero-order valence-electron chi connectivity index (χ0n) is 19.2. The number of rotatable bonds is 7. The van der Waals surface area contributed by atoms with Gasteiger partial charge >= 0.3 is 25.6 Å². The highest BCUT2D eigenvalue weighted by molar-refractivity contribution is 7.48. The number of methoxy groups -OCH3 is 1. The van der Waals surface area contributed by atoms with Crippen LogP contribution in [0.2, 0.25) is 0 Å². The van der Waals surface area contributed by atoms with Gasteiger partial charge in [-0.15, -0.1) is 6.42 Å². The first kappa shape index (κ1) is 25.2. The molecule has 1 amide bonds. The van der Waals surface area contributed by atoms with Gasteiger partial charge in [0.1, 0.15) is 17.6 Å². The molecule has 190 valence electrons. The molecule has 1 spiro atoms. The molecule has 2 saturated heterocycles. The molecule has 2 aliphatic heterocycles. The Morgan fingerprint density at radius 1 is 1.37 bits per heavy atom. The van der Waals surface area contributed by atoms with Crippen LogP contribution in [-0.2, 0) is 37.1 Å². The van der Waals surface area contributed by atoms with Crippen molar-refractivity contribution < 1.29 is 41.9 Å². The Balaban J connectivity index is 1.52. The summed E-state index contributed by atoms with van der Waals surface area (Å²) in [5.74, 6) is 1.70. The molecule has 35 heavy (non-hydrogen) atoms.